The fourth-order valence-electron chi connectivity index (χ4n) is 1.47. The minimum atomic E-state index is 0.548. The highest BCUT2D eigenvalue weighted by Gasteiger charge is 2.02. The van der Waals surface area contributed by atoms with E-state index >= 15 is 0 Å². The summed E-state index contributed by atoms with van der Waals surface area (Å²) in [4.78, 5) is 7.33. The van der Waals surface area contributed by atoms with Crippen molar-refractivity contribution >= 4 is 6.08 Å². The molecule has 0 bridgehead atoms. The summed E-state index contributed by atoms with van der Waals surface area (Å²) in [7, 11) is 0. The fraction of sp³-hybridized carbons (Fsp3) is 0.0833. The molecule has 0 saturated carbocycles. The molecule has 0 amide bonds. The second-order valence-corrected chi connectivity index (χ2v) is 3.16. The van der Waals surface area contributed by atoms with Crippen LogP contribution in [0.4, 0.5) is 0 Å². The first-order valence-corrected chi connectivity index (χ1v) is 4.87. The van der Waals surface area contributed by atoms with Gasteiger partial charge in [0.25, 0.3) is 0 Å². The number of rotatable bonds is 3. The van der Waals surface area contributed by atoms with E-state index < -0.39 is 0 Å². The molecule has 0 spiro atoms. The number of benzene rings is 1. The molecule has 0 saturated heterocycles. The Kier molecular flexibility index (Phi) is 2.95. The van der Waals surface area contributed by atoms with Crippen LogP contribution in [0.3, 0.4) is 0 Å². The Morgan fingerprint density at radius 1 is 1.33 bits per heavy atom. The van der Waals surface area contributed by atoms with Crippen molar-refractivity contribution in [2.45, 2.75) is 0 Å². The summed E-state index contributed by atoms with van der Waals surface area (Å²) in [6, 6.07) is 8.08. The van der Waals surface area contributed by atoms with E-state index in [0.717, 1.165) is 17.0 Å². The van der Waals surface area contributed by atoms with E-state index in [0.29, 0.717) is 6.54 Å². The zero-order chi connectivity index (χ0) is 10.5. The zero-order valence-corrected chi connectivity index (χ0v) is 8.35. The molecule has 1 heterocycles. The van der Waals surface area contributed by atoms with Gasteiger partial charge in [0.05, 0.1) is 0 Å². The summed E-state index contributed by atoms with van der Waals surface area (Å²) in [5, 5.41) is 0. The second kappa shape index (κ2) is 4.57. The van der Waals surface area contributed by atoms with Crippen molar-refractivity contribution in [2.24, 2.45) is 5.73 Å². The van der Waals surface area contributed by atoms with Crippen LogP contribution in [0.5, 0.6) is 0 Å². The SMILES string of the molecule is NC/C=C/c1ccccc1-c1ncc[nH]1. The lowest BCUT2D eigenvalue weighted by Crippen LogP contribution is -1.92. The van der Waals surface area contributed by atoms with Crippen molar-refractivity contribution in [3.8, 4) is 11.4 Å². The van der Waals surface area contributed by atoms with Crippen LogP contribution >= 0.6 is 0 Å². The number of nitrogens with one attached hydrogen (secondary N) is 1. The highest BCUT2D eigenvalue weighted by atomic mass is 14.9. The van der Waals surface area contributed by atoms with Crippen molar-refractivity contribution in [2.75, 3.05) is 6.54 Å². The fourth-order valence-corrected chi connectivity index (χ4v) is 1.47. The maximum absolute atomic E-state index is 5.43. The van der Waals surface area contributed by atoms with Crippen molar-refractivity contribution < 1.29 is 0 Å². The second-order valence-electron chi connectivity index (χ2n) is 3.16. The van der Waals surface area contributed by atoms with E-state index in [2.05, 4.69) is 9.97 Å². The zero-order valence-electron chi connectivity index (χ0n) is 8.35. The lowest BCUT2D eigenvalue weighted by Gasteiger charge is -2.01. The van der Waals surface area contributed by atoms with Crippen molar-refractivity contribution in [1.29, 1.82) is 0 Å². The molecule has 0 radical (unpaired) electrons. The number of nitrogens with zero attached hydrogens (tertiary/aromatic N) is 1. The molecular formula is C12H13N3. The molecule has 3 N–H and O–H groups in total. The first-order valence-electron chi connectivity index (χ1n) is 4.87. The number of aromatic nitrogens is 2. The van der Waals surface area contributed by atoms with Gasteiger partial charge in [-0.1, -0.05) is 36.4 Å². The van der Waals surface area contributed by atoms with Crippen molar-refractivity contribution in [1.82, 2.24) is 9.97 Å². The molecule has 1 aromatic heterocycles. The number of H-pyrrole nitrogens is 1. The Hall–Kier alpha value is -1.87. The molecule has 2 rings (SSSR count). The average Bonchev–Trinajstić information content (AvgIpc) is 2.80. The first-order chi connectivity index (χ1) is 7.42. The van der Waals surface area contributed by atoms with E-state index in [9.17, 15) is 0 Å². The molecule has 0 unspecified atom stereocenters. The molecule has 0 aliphatic carbocycles. The predicted octanol–water partition coefficient (Wildman–Crippen LogP) is 2.05. The molecule has 1 aromatic carbocycles. The van der Waals surface area contributed by atoms with Gasteiger partial charge in [-0.25, -0.2) is 4.98 Å². The van der Waals surface area contributed by atoms with Crippen molar-refractivity contribution in [3.63, 3.8) is 0 Å². The standard InChI is InChI=1S/C12H13N3/c13-7-3-5-10-4-1-2-6-11(10)12-14-8-9-15-12/h1-6,8-9H,7,13H2,(H,14,15)/b5-3+. The van der Waals surface area contributed by atoms with E-state index in [4.69, 9.17) is 5.73 Å². The van der Waals surface area contributed by atoms with Crippen LogP contribution in [0.15, 0.2) is 42.7 Å². The Balaban J connectivity index is 2.43. The number of hydrogen-bond donors (Lipinski definition) is 2. The van der Waals surface area contributed by atoms with Gasteiger partial charge in [0.15, 0.2) is 0 Å². The van der Waals surface area contributed by atoms with Crippen LogP contribution in [0.2, 0.25) is 0 Å². The predicted molar refractivity (Wildman–Crippen MR) is 62.1 cm³/mol. The van der Waals surface area contributed by atoms with Gasteiger partial charge in [0, 0.05) is 24.5 Å². The largest absolute Gasteiger partial charge is 0.345 e. The number of nitrogens with two attached hydrogens (primary N) is 1. The number of aromatic amines is 1. The first kappa shape index (κ1) is 9.68. The lowest BCUT2D eigenvalue weighted by molar-refractivity contribution is 1.26. The maximum atomic E-state index is 5.43. The Labute approximate surface area is 88.7 Å². The molecule has 76 valence electrons. The third-order valence-corrected chi connectivity index (χ3v) is 2.15. The van der Waals surface area contributed by atoms with E-state index in [1.54, 1.807) is 6.20 Å². The normalized spacial score (nSPS) is 11.0. The minimum absolute atomic E-state index is 0.548. The minimum Gasteiger partial charge on any atom is -0.345 e. The third kappa shape index (κ3) is 2.14. The molecule has 0 fully saturated rings. The van der Waals surface area contributed by atoms with Gasteiger partial charge >= 0.3 is 0 Å². The monoisotopic (exact) mass is 199 g/mol. The number of imidazole rings is 1. The van der Waals surface area contributed by atoms with Crippen LogP contribution in [-0.4, -0.2) is 16.5 Å². The summed E-state index contributed by atoms with van der Waals surface area (Å²) >= 11 is 0. The van der Waals surface area contributed by atoms with Gasteiger partial charge < -0.3 is 10.7 Å². The summed E-state index contributed by atoms with van der Waals surface area (Å²) < 4.78 is 0. The van der Waals surface area contributed by atoms with E-state index in [1.807, 2.05) is 42.6 Å². The highest BCUT2D eigenvalue weighted by Crippen LogP contribution is 2.20. The topological polar surface area (TPSA) is 54.7 Å². The van der Waals surface area contributed by atoms with Crippen LogP contribution < -0.4 is 5.73 Å². The maximum Gasteiger partial charge on any atom is 0.137 e. The summed E-state index contributed by atoms with van der Waals surface area (Å²) in [5.41, 5.74) is 7.65. The van der Waals surface area contributed by atoms with Crippen LogP contribution in [0.25, 0.3) is 17.5 Å². The Bertz CT molecular complexity index is 444. The number of hydrogen-bond acceptors (Lipinski definition) is 2. The Morgan fingerprint density at radius 3 is 2.93 bits per heavy atom. The molecule has 3 heteroatoms. The quantitative estimate of drug-likeness (QED) is 0.794. The molecule has 15 heavy (non-hydrogen) atoms. The smallest absolute Gasteiger partial charge is 0.137 e. The molecule has 0 atom stereocenters. The van der Waals surface area contributed by atoms with E-state index in [-0.39, 0.29) is 0 Å². The summed E-state index contributed by atoms with van der Waals surface area (Å²) in [5.74, 6) is 0.882. The lowest BCUT2D eigenvalue weighted by atomic mass is 10.1. The Morgan fingerprint density at radius 2 is 2.20 bits per heavy atom. The van der Waals surface area contributed by atoms with Crippen molar-refractivity contribution in [3.05, 3.63) is 48.3 Å². The van der Waals surface area contributed by atoms with Crippen LogP contribution in [0.1, 0.15) is 5.56 Å². The molecule has 0 aliphatic rings. The molecular weight excluding hydrogens is 186 g/mol. The van der Waals surface area contributed by atoms with Gasteiger partial charge in [0.1, 0.15) is 5.82 Å². The van der Waals surface area contributed by atoms with Crippen LogP contribution in [-0.2, 0) is 0 Å². The molecule has 3 nitrogen and oxygen atoms in total. The van der Waals surface area contributed by atoms with Gasteiger partial charge in [-0.05, 0) is 5.56 Å². The van der Waals surface area contributed by atoms with Gasteiger partial charge in [-0.2, -0.15) is 0 Å². The van der Waals surface area contributed by atoms with E-state index in [1.165, 1.54) is 0 Å². The third-order valence-electron chi connectivity index (χ3n) is 2.15. The van der Waals surface area contributed by atoms with Gasteiger partial charge in [-0.3, -0.25) is 0 Å². The highest BCUT2D eigenvalue weighted by molar-refractivity contribution is 5.70. The van der Waals surface area contributed by atoms with Gasteiger partial charge in [-0.15, -0.1) is 0 Å². The average molecular weight is 199 g/mol. The summed E-state index contributed by atoms with van der Waals surface area (Å²) in [6.45, 7) is 0.548. The summed E-state index contributed by atoms with van der Waals surface area (Å²) in [6.07, 6.45) is 7.51. The van der Waals surface area contributed by atoms with Gasteiger partial charge in [0.2, 0.25) is 0 Å². The molecule has 0 aliphatic heterocycles. The van der Waals surface area contributed by atoms with Crippen LogP contribution in [0, 0.1) is 0 Å². The molecule has 2 aromatic rings.